The normalized spacial score (nSPS) is 24.0. The van der Waals surface area contributed by atoms with Crippen LogP contribution in [-0.2, 0) is 4.74 Å². The molecule has 0 atom stereocenters. The van der Waals surface area contributed by atoms with E-state index in [0.29, 0.717) is 0 Å². The molecule has 3 aliphatic rings. The highest BCUT2D eigenvalue weighted by Gasteiger charge is 2.21. The molecule has 0 fully saturated rings. The molecule has 0 spiro atoms. The Morgan fingerprint density at radius 1 is 0.929 bits per heavy atom. The Morgan fingerprint density at radius 3 is 2.07 bits per heavy atom. The van der Waals surface area contributed by atoms with E-state index in [-0.39, 0.29) is 0 Å². The summed E-state index contributed by atoms with van der Waals surface area (Å²) in [6, 6.07) is 0. The zero-order valence-electron chi connectivity index (χ0n) is 8.05. The van der Waals surface area contributed by atoms with Crippen molar-refractivity contribution in [3.05, 3.63) is 47.2 Å². The van der Waals surface area contributed by atoms with Crippen LogP contribution in [0, 0.1) is 0 Å². The molecule has 14 heavy (non-hydrogen) atoms. The van der Waals surface area contributed by atoms with Crippen molar-refractivity contribution in [3.63, 3.8) is 0 Å². The Hall–Kier alpha value is -1.44. The second-order valence-electron chi connectivity index (χ2n) is 3.79. The van der Waals surface area contributed by atoms with Gasteiger partial charge in [-0.2, -0.15) is 0 Å². The Labute approximate surface area is 83.6 Å². The molecule has 3 rings (SSSR count). The molecule has 2 nitrogen and oxygen atoms in total. The quantitative estimate of drug-likeness (QED) is 0.629. The summed E-state index contributed by atoms with van der Waals surface area (Å²) >= 11 is 0. The van der Waals surface area contributed by atoms with Crippen molar-refractivity contribution < 1.29 is 4.74 Å². The van der Waals surface area contributed by atoms with Crippen LogP contribution in [0.2, 0.25) is 0 Å². The third kappa shape index (κ3) is 1.18. The van der Waals surface area contributed by atoms with Crippen molar-refractivity contribution in [1.29, 1.82) is 0 Å². The van der Waals surface area contributed by atoms with Gasteiger partial charge in [-0.15, -0.1) is 0 Å². The zero-order valence-corrected chi connectivity index (χ0v) is 8.05. The molecule has 72 valence electrons. The van der Waals surface area contributed by atoms with Gasteiger partial charge in [-0.25, -0.2) is 0 Å². The largest absolute Gasteiger partial charge is 0.454 e. The number of hydrogen-bond donors (Lipinski definition) is 1. The van der Waals surface area contributed by atoms with Crippen molar-refractivity contribution in [3.8, 4) is 0 Å². The van der Waals surface area contributed by atoms with E-state index >= 15 is 0 Å². The van der Waals surface area contributed by atoms with Crippen LogP contribution >= 0.6 is 0 Å². The van der Waals surface area contributed by atoms with Crippen LogP contribution < -0.4 is 5.32 Å². The molecule has 2 heteroatoms. The Bertz CT molecular complexity index is 349. The molecule has 0 aromatic heterocycles. The van der Waals surface area contributed by atoms with E-state index in [1.54, 1.807) is 0 Å². The fourth-order valence-corrected chi connectivity index (χ4v) is 2.02. The molecule has 0 unspecified atom stereocenters. The molecule has 0 saturated carbocycles. The number of nitrogens with one attached hydrogen (secondary N) is 1. The third-order valence-electron chi connectivity index (χ3n) is 2.78. The monoisotopic (exact) mass is 187 g/mol. The van der Waals surface area contributed by atoms with Gasteiger partial charge < -0.3 is 10.1 Å². The maximum absolute atomic E-state index is 5.82. The Balaban J connectivity index is 1.92. The van der Waals surface area contributed by atoms with Gasteiger partial charge in [-0.1, -0.05) is 12.2 Å². The minimum atomic E-state index is 1.00. The zero-order chi connectivity index (χ0) is 9.38. The van der Waals surface area contributed by atoms with E-state index in [4.69, 9.17) is 4.74 Å². The van der Waals surface area contributed by atoms with Crippen LogP contribution in [0.1, 0.15) is 25.7 Å². The first-order chi connectivity index (χ1) is 6.93. The topological polar surface area (TPSA) is 21.3 Å². The third-order valence-corrected chi connectivity index (χ3v) is 2.78. The fourth-order valence-electron chi connectivity index (χ4n) is 2.02. The van der Waals surface area contributed by atoms with Crippen molar-refractivity contribution in [2.24, 2.45) is 0 Å². The van der Waals surface area contributed by atoms with Crippen molar-refractivity contribution in [2.45, 2.75) is 25.7 Å². The van der Waals surface area contributed by atoms with E-state index in [0.717, 1.165) is 37.2 Å². The average molecular weight is 187 g/mol. The summed E-state index contributed by atoms with van der Waals surface area (Å²) in [6.07, 6.45) is 12.9. The second kappa shape index (κ2) is 3.05. The van der Waals surface area contributed by atoms with Crippen molar-refractivity contribution >= 4 is 0 Å². The van der Waals surface area contributed by atoms with E-state index < -0.39 is 0 Å². The average Bonchev–Trinajstić information content (AvgIpc) is 2.26. The fraction of sp³-hybridized carbons (Fsp3) is 0.333. The summed E-state index contributed by atoms with van der Waals surface area (Å²) in [6.45, 7) is 0. The van der Waals surface area contributed by atoms with Gasteiger partial charge in [0.2, 0.25) is 0 Å². The summed E-state index contributed by atoms with van der Waals surface area (Å²) in [5.41, 5.74) is 2.50. The van der Waals surface area contributed by atoms with Gasteiger partial charge in [0.1, 0.15) is 11.5 Å². The summed E-state index contributed by atoms with van der Waals surface area (Å²) in [7, 11) is 0. The van der Waals surface area contributed by atoms with Crippen LogP contribution in [0.4, 0.5) is 0 Å². The van der Waals surface area contributed by atoms with Gasteiger partial charge >= 0.3 is 0 Å². The van der Waals surface area contributed by atoms with Gasteiger partial charge in [0.25, 0.3) is 0 Å². The standard InChI is InChI=1S/C12H13NO/c1-3-7-11-9(5-1)13-10-6-2-4-8-12(10)14-11/h3-4,7-8,13H,1-2,5-6H2. The van der Waals surface area contributed by atoms with Crippen LogP contribution in [0.5, 0.6) is 0 Å². The molecule has 1 N–H and O–H groups in total. The second-order valence-corrected chi connectivity index (χ2v) is 3.79. The maximum Gasteiger partial charge on any atom is 0.146 e. The SMILES string of the molecule is C1=CC2=C(CC1)NC1=C(C=CCC1)O2. The summed E-state index contributed by atoms with van der Waals surface area (Å²) in [5.74, 6) is 2.00. The molecule has 0 bridgehead atoms. The lowest BCUT2D eigenvalue weighted by Gasteiger charge is -2.28. The first kappa shape index (κ1) is 7.92. The van der Waals surface area contributed by atoms with Crippen LogP contribution in [0.3, 0.4) is 0 Å². The highest BCUT2D eigenvalue weighted by atomic mass is 16.5. The van der Waals surface area contributed by atoms with Gasteiger partial charge in [0.15, 0.2) is 0 Å². The smallest absolute Gasteiger partial charge is 0.146 e. The minimum absolute atomic E-state index is 1.00. The number of ether oxygens (including phenoxy) is 1. The molecule has 2 aliphatic carbocycles. The first-order valence-electron chi connectivity index (χ1n) is 5.18. The van der Waals surface area contributed by atoms with E-state index in [1.165, 1.54) is 11.4 Å². The van der Waals surface area contributed by atoms with Gasteiger partial charge in [-0.3, -0.25) is 0 Å². The molecule has 1 aliphatic heterocycles. The molecule has 0 aromatic carbocycles. The molecule has 0 aromatic rings. The van der Waals surface area contributed by atoms with Crippen LogP contribution in [-0.4, -0.2) is 0 Å². The van der Waals surface area contributed by atoms with Crippen molar-refractivity contribution in [2.75, 3.05) is 0 Å². The van der Waals surface area contributed by atoms with Gasteiger partial charge in [0.05, 0.1) is 11.4 Å². The molecule has 1 heterocycles. The summed E-state index contributed by atoms with van der Waals surface area (Å²) < 4.78 is 5.82. The molecular formula is C12H13NO. The highest BCUT2D eigenvalue weighted by Crippen LogP contribution is 2.30. The van der Waals surface area contributed by atoms with E-state index in [2.05, 4.69) is 29.6 Å². The van der Waals surface area contributed by atoms with Gasteiger partial charge in [0, 0.05) is 0 Å². The van der Waals surface area contributed by atoms with E-state index in [9.17, 15) is 0 Å². The Morgan fingerprint density at radius 2 is 1.50 bits per heavy atom. The lowest BCUT2D eigenvalue weighted by molar-refractivity contribution is 0.299. The molecule has 0 amide bonds. The predicted molar refractivity (Wildman–Crippen MR) is 55.0 cm³/mol. The number of rotatable bonds is 0. The summed E-state index contributed by atoms with van der Waals surface area (Å²) in [5, 5.41) is 3.49. The molecular weight excluding hydrogens is 174 g/mol. The van der Waals surface area contributed by atoms with E-state index in [1.807, 2.05) is 0 Å². The highest BCUT2D eigenvalue weighted by molar-refractivity contribution is 5.37. The first-order valence-corrected chi connectivity index (χ1v) is 5.18. The number of hydrogen-bond acceptors (Lipinski definition) is 2. The number of allylic oxidation sites excluding steroid dienone is 6. The predicted octanol–water partition coefficient (Wildman–Crippen LogP) is 2.73. The molecule has 0 saturated heterocycles. The minimum Gasteiger partial charge on any atom is -0.454 e. The lowest BCUT2D eigenvalue weighted by Crippen LogP contribution is -2.24. The Kier molecular flexibility index (Phi) is 1.72. The molecule has 0 radical (unpaired) electrons. The lowest BCUT2D eigenvalue weighted by atomic mass is 10.0. The summed E-state index contributed by atoms with van der Waals surface area (Å²) in [4.78, 5) is 0. The van der Waals surface area contributed by atoms with Crippen LogP contribution in [0.15, 0.2) is 47.2 Å². The van der Waals surface area contributed by atoms with Gasteiger partial charge in [-0.05, 0) is 37.8 Å². The van der Waals surface area contributed by atoms with Crippen molar-refractivity contribution in [1.82, 2.24) is 5.32 Å². The van der Waals surface area contributed by atoms with Crippen LogP contribution in [0.25, 0.3) is 0 Å². The maximum atomic E-state index is 5.82.